The molecule has 0 radical (unpaired) electrons. The zero-order chi connectivity index (χ0) is 15.9. The number of hydrogen-bond acceptors (Lipinski definition) is 2. The van der Waals surface area contributed by atoms with E-state index in [4.69, 9.17) is 11.6 Å². The van der Waals surface area contributed by atoms with Crippen molar-refractivity contribution in [3.05, 3.63) is 59.1 Å². The molecule has 2 aromatic rings. The molecule has 1 fully saturated rings. The Morgan fingerprint density at radius 3 is 2.13 bits per heavy atom. The van der Waals surface area contributed by atoms with Crippen LogP contribution in [-0.4, -0.2) is 31.1 Å². The van der Waals surface area contributed by atoms with Crippen molar-refractivity contribution in [1.29, 1.82) is 0 Å². The van der Waals surface area contributed by atoms with Gasteiger partial charge in [0.15, 0.2) is 0 Å². The summed E-state index contributed by atoms with van der Waals surface area (Å²) in [6.45, 7) is 5.87. The van der Waals surface area contributed by atoms with E-state index in [9.17, 15) is 0 Å². The summed E-state index contributed by atoms with van der Waals surface area (Å²) < 4.78 is 0. The van der Waals surface area contributed by atoms with Crippen LogP contribution in [0.4, 0.5) is 0 Å². The molecule has 3 rings (SSSR count). The van der Waals surface area contributed by atoms with Crippen LogP contribution in [0.25, 0.3) is 11.1 Å². The zero-order valence-electron chi connectivity index (χ0n) is 13.6. The molecule has 122 valence electrons. The molecule has 0 aliphatic carbocycles. The SMILES string of the molecule is Clc1ccc(-c2ccc(CNCCCN3CCCC3)cc2)cc1. The Hall–Kier alpha value is -1.35. The summed E-state index contributed by atoms with van der Waals surface area (Å²) in [6.07, 6.45) is 4.00. The Bertz CT molecular complexity index is 586. The normalized spacial score (nSPS) is 15.2. The lowest BCUT2D eigenvalue weighted by Crippen LogP contribution is -2.24. The minimum absolute atomic E-state index is 0.781. The maximum atomic E-state index is 5.94. The van der Waals surface area contributed by atoms with E-state index >= 15 is 0 Å². The van der Waals surface area contributed by atoms with Crippen molar-refractivity contribution >= 4 is 11.6 Å². The van der Waals surface area contributed by atoms with E-state index in [1.807, 2.05) is 12.1 Å². The Morgan fingerprint density at radius 1 is 0.870 bits per heavy atom. The Morgan fingerprint density at radius 2 is 1.48 bits per heavy atom. The first kappa shape index (κ1) is 16.5. The number of benzene rings is 2. The minimum atomic E-state index is 0.781. The lowest BCUT2D eigenvalue weighted by molar-refractivity contribution is 0.331. The highest BCUT2D eigenvalue weighted by Gasteiger charge is 2.09. The summed E-state index contributed by atoms with van der Waals surface area (Å²) in [4.78, 5) is 2.57. The molecule has 0 unspecified atom stereocenters. The van der Waals surface area contributed by atoms with Crippen LogP contribution < -0.4 is 5.32 Å². The maximum absolute atomic E-state index is 5.94. The first-order valence-electron chi connectivity index (χ1n) is 8.59. The summed E-state index contributed by atoms with van der Waals surface area (Å²) in [6, 6.07) is 16.8. The number of halogens is 1. The summed E-state index contributed by atoms with van der Waals surface area (Å²) in [5.41, 5.74) is 3.78. The minimum Gasteiger partial charge on any atom is -0.313 e. The number of nitrogens with zero attached hydrogens (tertiary/aromatic N) is 1. The standard InChI is InChI=1S/C20H25ClN2/c21-20-10-8-19(9-11-20)18-6-4-17(5-7-18)16-22-12-3-15-23-13-1-2-14-23/h4-11,22H,1-3,12-16H2. The molecule has 0 bridgehead atoms. The van der Waals surface area contributed by atoms with Crippen LogP contribution in [0.15, 0.2) is 48.5 Å². The molecule has 2 nitrogen and oxygen atoms in total. The average molecular weight is 329 g/mol. The van der Waals surface area contributed by atoms with Crippen molar-refractivity contribution in [2.45, 2.75) is 25.8 Å². The van der Waals surface area contributed by atoms with E-state index in [1.165, 1.54) is 55.6 Å². The Kier molecular flexibility index (Phi) is 6.09. The van der Waals surface area contributed by atoms with Gasteiger partial charge in [-0.2, -0.15) is 0 Å². The smallest absolute Gasteiger partial charge is 0.0406 e. The molecule has 1 aliphatic heterocycles. The van der Waals surface area contributed by atoms with Crippen LogP contribution in [0.3, 0.4) is 0 Å². The third kappa shape index (κ3) is 5.07. The maximum Gasteiger partial charge on any atom is 0.0406 e. The van der Waals surface area contributed by atoms with E-state index in [2.05, 4.69) is 46.6 Å². The topological polar surface area (TPSA) is 15.3 Å². The second-order valence-electron chi connectivity index (χ2n) is 6.28. The summed E-state index contributed by atoms with van der Waals surface area (Å²) in [7, 11) is 0. The van der Waals surface area contributed by atoms with Gasteiger partial charge in [0.1, 0.15) is 0 Å². The van der Waals surface area contributed by atoms with Crippen molar-refractivity contribution in [2.24, 2.45) is 0 Å². The van der Waals surface area contributed by atoms with Crippen molar-refractivity contribution in [1.82, 2.24) is 10.2 Å². The van der Waals surface area contributed by atoms with Gasteiger partial charge in [-0.05, 0) is 74.3 Å². The molecule has 0 atom stereocenters. The van der Waals surface area contributed by atoms with Crippen LogP contribution >= 0.6 is 11.6 Å². The molecule has 0 amide bonds. The fraction of sp³-hybridized carbons (Fsp3) is 0.400. The molecule has 1 heterocycles. The fourth-order valence-corrected chi connectivity index (χ4v) is 3.25. The Labute approximate surface area is 144 Å². The van der Waals surface area contributed by atoms with Gasteiger partial charge in [0.05, 0.1) is 0 Å². The van der Waals surface area contributed by atoms with E-state index in [0.717, 1.165) is 18.1 Å². The van der Waals surface area contributed by atoms with Gasteiger partial charge in [-0.1, -0.05) is 48.0 Å². The van der Waals surface area contributed by atoms with Crippen LogP contribution in [0.1, 0.15) is 24.8 Å². The van der Waals surface area contributed by atoms with Gasteiger partial charge < -0.3 is 10.2 Å². The second kappa shape index (κ2) is 8.49. The lowest BCUT2D eigenvalue weighted by Gasteiger charge is -2.14. The fourth-order valence-electron chi connectivity index (χ4n) is 3.12. The average Bonchev–Trinajstić information content (AvgIpc) is 3.09. The molecule has 0 aromatic heterocycles. The number of nitrogens with one attached hydrogen (secondary N) is 1. The van der Waals surface area contributed by atoms with Crippen molar-refractivity contribution in [3.63, 3.8) is 0 Å². The van der Waals surface area contributed by atoms with E-state index in [1.54, 1.807) is 0 Å². The van der Waals surface area contributed by atoms with Crippen LogP contribution in [0.5, 0.6) is 0 Å². The van der Waals surface area contributed by atoms with Gasteiger partial charge >= 0.3 is 0 Å². The second-order valence-corrected chi connectivity index (χ2v) is 6.72. The number of likely N-dealkylation sites (tertiary alicyclic amines) is 1. The predicted molar refractivity (Wildman–Crippen MR) is 98.9 cm³/mol. The summed E-state index contributed by atoms with van der Waals surface area (Å²) in [5.74, 6) is 0. The predicted octanol–water partition coefficient (Wildman–Crippen LogP) is 4.58. The number of hydrogen-bond donors (Lipinski definition) is 1. The molecule has 1 N–H and O–H groups in total. The molecular formula is C20H25ClN2. The third-order valence-electron chi connectivity index (χ3n) is 4.49. The molecule has 3 heteroatoms. The van der Waals surface area contributed by atoms with E-state index in [0.29, 0.717) is 0 Å². The van der Waals surface area contributed by atoms with Crippen LogP contribution in [-0.2, 0) is 6.54 Å². The largest absolute Gasteiger partial charge is 0.313 e. The van der Waals surface area contributed by atoms with Crippen molar-refractivity contribution in [3.8, 4) is 11.1 Å². The molecule has 1 saturated heterocycles. The summed E-state index contributed by atoms with van der Waals surface area (Å²) in [5, 5.41) is 4.33. The molecule has 0 saturated carbocycles. The highest BCUT2D eigenvalue weighted by molar-refractivity contribution is 6.30. The van der Waals surface area contributed by atoms with Crippen molar-refractivity contribution < 1.29 is 0 Å². The first-order chi connectivity index (χ1) is 11.3. The van der Waals surface area contributed by atoms with Gasteiger partial charge in [-0.15, -0.1) is 0 Å². The van der Waals surface area contributed by atoms with Gasteiger partial charge in [0.2, 0.25) is 0 Å². The molecule has 2 aromatic carbocycles. The third-order valence-corrected chi connectivity index (χ3v) is 4.74. The van der Waals surface area contributed by atoms with Crippen LogP contribution in [0.2, 0.25) is 5.02 Å². The lowest BCUT2D eigenvalue weighted by atomic mass is 10.0. The van der Waals surface area contributed by atoms with Gasteiger partial charge in [0, 0.05) is 11.6 Å². The van der Waals surface area contributed by atoms with Gasteiger partial charge in [0.25, 0.3) is 0 Å². The van der Waals surface area contributed by atoms with Crippen molar-refractivity contribution in [2.75, 3.05) is 26.2 Å². The Balaban J connectivity index is 1.41. The summed E-state index contributed by atoms with van der Waals surface area (Å²) >= 11 is 5.94. The van der Waals surface area contributed by atoms with E-state index < -0.39 is 0 Å². The zero-order valence-corrected chi connectivity index (χ0v) is 14.4. The van der Waals surface area contributed by atoms with Crippen LogP contribution in [0, 0.1) is 0 Å². The van der Waals surface area contributed by atoms with Gasteiger partial charge in [-0.3, -0.25) is 0 Å². The molecule has 0 spiro atoms. The molecule has 23 heavy (non-hydrogen) atoms. The van der Waals surface area contributed by atoms with E-state index in [-0.39, 0.29) is 0 Å². The first-order valence-corrected chi connectivity index (χ1v) is 8.97. The number of rotatable bonds is 7. The monoisotopic (exact) mass is 328 g/mol. The quantitative estimate of drug-likeness (QED) is 0.748. The molecular weight excluding hydrogens is 304 g/mol. The highest BCUT2D eigenvalue weighted by Crippen LogP contribution is 2.21. The highest BCUT2D eigenvalue weighted by atomic mass is 35.5. The van der Waals surface area contributed by atoms with Gasteiger partial charge in [-0.25, -0.2) is 0 Å². The molecule has 1 aliphatic rings.